The van der Waals surface area contributed by atoms with E-state index in [9.17, 15) is 4.79 Å². The van der Waals surface area contributed by atoms with Gasteiger partial charge in [0.2, 0.25) is 5.91 Å². The number of carbonyl (C=O) groups excluding carboxylic acids is 1. The summed E-state index contributed by atoms with van der Waals surface area (Å²) in [5.41, 5.74) is 0.847. The maximum absolute atomic E-state index is 11.7. The van der Waals surface area contributed by atoms with Crippen molar-refractivity contribution < 1.29 is 4.79 Å². The molecule has 0 bridgehead atoms. The van der Waals surface area contributed by atoms with Crippen molar-refractivity contribution in [3.05, 3.63) is 51.1 Å². The van der Waals surface area contributed by atoms with Gasteiger partial charge in [0.25, 0.3) is 0 Å². The number of rotatable bonds is 5. The summed E-state index contributed by atoms with van der Waals surface area (Å²) in [5.74, 6) is 0.0777. The number of hydrogen-bond donors (Lipinski definition) is 1. The predicted molar refractivity (Wildman–Crippen MR) is 80.0 cm³/mol. The number of benzene rings is 1. The molecular weight excluding hydrogens is 310 g/mol. The molecule has 0 aliphatic heterocycles. The fourth-order valence-corrected chi connectivity index (χ4v) is 2.65. The Bertz CT molecular complexity index is 493. The molecule has 0 fully saturated rings. The van der Waals surface area contributed by atoms with E-state index in [2.05, 4.69) is 32.7 Å². The number of aryl methyl sites for hydroxylation is 1. The highest BCUT2D eigenvalue weighted by Gasteiger charge is 2.03. The topological polar surface area (TPSA) is 29.1 Å². The average Bonchev–Trinajstić information content (AvgIpc) is 2.85. The van der Waals surface area contributed by atoms with Crippen LogP contribution in [-0.2, 0) is 11.2 Å². The zero-order valence-corrected chi connectivity index (χ0v) is 12.3. The van der Waals surface area contributed by atoms with Gasteiger partial charge in [0, 0.05) is 21.5 Å². The number of hydrogen-bond acceptors (Lipinski definition) is 2. The normalized spacial score (nSPS) is 10.3. The Morgan fingerprint density at radius 2 is 2.00 bits per heavy atom. The van der Waals surface area contributed by atoms with Crippen LogP contribution in [0.5, 0.6) is 0 Å². The molecule has 1 heterocycles. The molecule has 18 heavy (non-hydrogen) atoms. The first kappa shape index (κ1) is 13.3. The molecule has 2 rings (SSSR count). The number of nitrogens with one attached hydrogen (secondary N) is 1. The Balaban J connectivity index is 1.73. The van der Waals surface area contributed by atoms with Crippen molar-refractivity contribution in [3.8, 4) is 0 Å². The van der Waals surface area contributed by atoms with Crippen LogP contribution in [0.4, 0.5) is 5.69 Å². The molecule has 1 N–H and O–H groups in total. The summed E-state index contributed by atoms with van der Waals surface area (Å²) in [6.45, 7) is 0. The molecule has 1 amide bonds. The Labute approximate surface area is 119 Å². The Kier molecular flexibility index (Phi) is 4.96. The van der Waals surface area contributed by atoms with Crippen molar-refractivity contribution in [1.82, 2.24) is 0 Å². The van der Waals surface area contributed by atoms with Crippen LogP contribution < -0.4 is 5.32 Å². The molecule has 0 aliphatic rings. The first-order valence-electron chi connectivity index (χ1n) is 5.82. The van der Waals surface area contributed by atoms with Crippen LogP contribution in [-0.4, -0.2) is 5.91 Å². The molecule has 4 heteroatoms. The van der Waals surface area contributed by atoms with Gasteiger partial charge in [0.15, 0.2) is 0 Å². The van der Waals surface area contributed by atoms with E-state index in [4.69, 9.17) is 0 Å². The van der Waals surface area contributed by atoms with Crippen LogP contribution in [0.1, 0.15) is 17.7 Å². The largest absolute Gasteiger partial charge is 0.326 e. The smallest absolute Gasteiger partial charge is 0.224 e. The summed E-state index contributed by atoms with van der Waals surface area (Å²) in [5, 5.41) is 4.96. The number of thiophene rings is 1. The number of carbonyl (C=O) groups is 1. The highest BCUT2D eigenvalue weighted by molar-refractivity contribution is 9.10. The molecule has 2 aromatic rings. The van der Waals surface area contributed by atoms with Crippen molar-refractivity contribution in [3.63, 3.8) is 0 Å². The second-order valence-corrected chi connectivity index (χ2v) is 5.94. The van der Waals surface area contributed by atoms with Crippen LogP contribution in [0.3, 0.4) is 0 Å². The van der Waals surface area contributed by atoms with Crippen molar-refractivity contribution in [2.75, 3.05) is 5.32 Å². The molecule has 0 aliphatic carbocycles. The number of amides is 1. The van der Waals surface area contributed by atoms with E-state index in [1.165, 1.54) is 4.88 Å². The van der Waals surface area contributed by atoms with Crippen LogP contribution in [0, 0.1) is 0 Å². The lowest BCUT2D eigenvalue weighted by Gasteiger charge is -2.04. The molecule has 0 radical (unpaired) electrons. The lowest BCUT2D eigenvalue weighted by atomic mass is 10.2. The van der Waals surface area contributed by atoms with Gasteiger partial charge in [-0.05, 0) is 48.6 Å². The molecule has 0 saturated heterocycles. The van der Waals surface area contributed by atoms with E-state index in [-0.39, 0.29) is 5.91 Å². The monoisotopic (exact) mass is 323 g/mol. The average molecular weight is 324 g/mol. The first-order valence-corrected chi connectivity index (χ1v) is 7.49. The summed E-state index contributed by atoms with van der Waals surface area (Å²) in [7, 11) is 0. The van der Waals surface area contributed by atoms with Crippen molar-refractivity contribution in [2.45, 2.75) is 19.3 Å². The summed E-state index contributed by atoms with van der Waals surface area (Å²) in [6.07, 6.45) is 2.43. The quantitative estimate of drug-likeness (QED) is 0.864. The van der Waals surface area contributed by atoms with Crippen LogP contribution >= 0.6 is 27.3 Å². The van der Waals surface area contributed by atoms with Gasteiger partial charge in [-0.25, -0.2) is 0 Å². The van der Waals surface area contributed by atoms with Gasteiger partial charge in [0.05, 0.1) is 0 Å². The second-order valence-electron chi connectivity index (χ2n) is 3.99. The van der Waals surface area contributed by atoms with E-state index >= 15 is 0 Å². The summed E-state index contributed by atoms with van der Waals surface area (Å²) < 4.78 is 1.01. The zero-order chi connectivity index (χ0) is 12.8. The maximum atomic E-state index is 11.7. The van der Waals surface area contributed by atoms with Crippen molar-refractivity contribution in [2.24, 2.45) is 0 Å². The van der Waals surface area contributed by atoms with Crippen molar-refractivity contribution in [1.29, 1.82) is 0 Å². The van der Waals surface area contributed by atoms with E-state index in [0.29, 0.717) is 6.42 Å². The molecule has 1 aromatic heterocycles. The standard InChI is InChI=1S/C14H14BrNOS/c15-11-6-8-12(9-7-11)16-14(17)5-1-3-13-4-2-10-18-13/h2,4,6-10H,1,3,5H2,(H,16,17). The molecule has 0 unspecified atom stereocenters. The first-order chi connectivity index (χ1) is 8.74. The highest BCUT2D eigenvalue weighted by Crippen LogP contribution is 2.15. The van der Waals surface area contributed by atoms with E-state index in [1.807, 2.05) is 30.3 Å². The summed E-state index contributed by atoms with van der Waals surface area (Å²) in [6, 6.07) is 11.8. The summed E-state index contributed by atoms with van der Waals surface area (Å²) >= 11 is 5.11. The minimum Gasteiger partial charge on any atom is -0.326 e. The van der Waals surface area contributed by atoms with Gasteiger partial charge in [-0.3, -0.25) is 4.79 Å². The maximum Gasteiger partial charge on any atom is 0.224 e. The second kappa shape index (κ2) is 6.71. The molecule has 2 nitrogen and oxygen atoms in total. The van der Waals surface area contributed by atoms with Gasteiger partial charge >= 0.3 is 0 Å². The Hall–Kier alpha value is -1.13. The van der Waals surface area contributed by atoms with Gasteiger partial charge in [-0.1, -0.05) is 22.0 Å². The van der Waals surface area contributed by atoms with E-state index in [0.717, 1.165) is 23.0 Å². The zero-order valence-electron chi connectivity index (χ0n) is 9.86. The van der Waals surface area contributed by atoms with Gasteiger partial charge in [-0.2, -0.15) is 0 Å². The molecule has 0 atom stereocenters. The minimum absolute atomic E-state index is 0.0777. The van der Waals surface area contributed by atoms with E-state index < -0.39 is 0 Å². The van der Waals surface area contributed by atoms with Gasteiger partial charge in [-0.15, -0.1) is 11.3 Å². The SMILES string of the molecule is O=C(CCCc1cccs1)Nc1ccc(Br)cc1. The molecule has 1 aromatic carbocycles. The Morgan fingerprint density at radius 3 is 2.67 bits per heavy atom. The molecule has 0 spiro atoms. The van der Waals surface area contributed by atoms with Gasteiger partial charge in [0.1, 0.15) is 0 Å². The highest BCUT2D eigenvalue weighted by atomic mass is 79.9. The minimum atomic E-state index is 0.0777. The van der Waals surface area contributed by atoms with Crippen LogP contribution in [0.25, 0.3) is 0 Å². The van der Waals surface area contributed by atoms with Crippen molar-refractivity contribution >= 4 is 38.9 Å². The predicted octanol–water partition coefficient (Wildman–Crippen LogP) is 4.47. The van der Waals surface area contributed by atoms with Crippen LogP contribution in [0.2, 0.25) is 0 Å². The molecule has 94 valence electrons. The van der Waals surface area contributed by atoms with E-state index in [1.54, 1.807) is 11.3 Å². The molecule has 0 saturated carbocycles. The summed E-state index contributed by atoms with van der Waals surface area (Å²) in [4.78, 5) is 13.0. The fourth-order valence-electron chi connectivity index (χ4n) is 1.63. The lowest BCUT2D eigenvalue weighted by Crippen LogP contribution is -2.11. The number of halogens is 1. The van der Waals surface area contributed by atoms with Gasteiger partial charge < -0.3 is 5.32 Å². The third-order valence-electron chi connectivity index (χ3n) is 2.54. The Morgan fingerprint density at radius 1 is 1.22 bits per heavy atom. The number of anilines is 1. The lowest BCUT2D eigenvalue weighted by molar-refractivity contribution is -0.116. The fraction of sp³-hybridized carbons (Fsp3) is 0.214. The third kappa shape index (κ3) is 4.27. The van der Waals surface area contributed by atoms with Crippen LogP contribution in [0.15, 0.2) is 46.3 Å². The third-order valence-corrected chi connectivity index (χ3v) is 4.00. The molecular formula is C14H14BrNOS.